The van der Waals surface area contributed by atoms with E-state index in [1.54, 1.807) is 6.92 Å². The molecule has 0 aromatic carbocycles. The summed E-state index contributed by atoms with van der Waals surface area (Å²) in [5, 5.41) is 9.70. The number of carbonyl (C=O) groups is 1. The molecule has 0 saturated heterocycles. The molecule has 88 valence electrons. The molecule has 0 aromatic rings. The molecule has 1 N–H and O–H groups in total. The van der Waals surface area contributed by atoms with Crippen molar-refractivity contribution < 1.29 is 23.2 Å². The zero-order valence-electron chi connectivity index (χ0n) is 9.36. The number of rotatable bonds is 8. The van der Waals surface area contributed by atoms with Gasteiger partial charge in [0.15, 0.2) is 5.78 Å². The third-order valence-corrected chi connectivity index (χ3v) is 4.92. The van der Waals surface area contributed by atoms with Gasteiger partial charge in [-0.3, -0.25) is 4.79 Å². The predicted octanol–water partition coefficient (Wildman–Crippen LogP) is 0.300. The van der Waals surface area contributed by atoms with E-state index in [4.69, 9.17) is 13.3 Å². The van der Waals surface area contributed by atoms with Gasteiger partial charge in [-0.1, -0.05) is 13.5 Å². The van der Waals surface area contributed by atoms with E-state index in [0.717, 1.165) is 6.08 Å². The number of ketones is 1. The van der Waals surface area contributed by atoms with E-state index in [9.17, 15) is 9.90 Å². The molecule has 0 amide bonds. The Morgan fingerprint density at radius 3 is 2.40 bits per heavy atom. The third-order valence-electron chi connectivity index (χ3n) is 2.01. The highest BCUT2D eigenvalue weighted by Gasteiger charge is 2.47. The monoisotopic (exact) mass is 234 g/mol. The van der Waals surface area contributed by atoms with Crippen LogP contribution in [0.5, 0.6) is 0 Å². The molecule has 0 aliphatic carbocycles. The average molecular weight is 234 g/mol. The van der Waals surface area contributed by atoms with Crippen molar-refractivity contribution in [2.45, 2.75) is 19.1 Å². The lowest BCUT2D eigenvalue weighted by Gasteiger charge is -2.29. The second-order valence-corrected chi connectivity index (χ2v) is 5.87. The van der Waals surface area contributed by atoms with E-state index in [1.165, 1.54) is 14.2 Å². The summed E-state index contributed by atoms with van der Waals surface area (Å²) >= 11 is 0. The SMILES string of the molecule is C=CC(=O)CO[Si](OC)(OC)C(O)CC. The van der Waals surface area contributed by atoms with Crippen LogP contribution in [0.3, 0.4) is 0 Å². The van der Waals surface area contributed by atoms with Crippen molar-refractivity contribution in [2.75, 3.05) is 20.8 Å². The van der Waals surface area contributed by atoms with Crippen LogP contribution in [0, 0.1) is 0 Å². The van der Waals surface area contributed by atoms with Gasteiger partial charge in [0, 0.05) is 14.2 Å². The molecule has 15 heavy (non-hydrogen) atoms. The molecule has 0 rings (SSSR count). The van der Waals surface area contributed by atoms with Gasteiger partial charge in [0.05, 0.1) is 0 Å². The molecule has 0 aromatic heterocycles. The minimum Gasteiger partial charge on any atom is -0.389 e. The number of hydrogen-bond acceptors (Lipinski definition) is 5. The Bertz CT molecular complexity index is 215. The minimum absolute atomic E-state index is 0.186. The van der Waals surface area contributed by atoms with Gasteiger partial charge < -0.3 is 18.4 Å². The van der Waals surface area contributed by atoms with Gasteiger partial charge in [-0.2, -0.15) is 0 Å². The van der Waals surface area contributed by atoms with Crippen molar-refractivity contribution in [3.05, 3.63) is 12.7 Å². The number of aliphatic hydroxyl groups excluding tert-OH is 1. The van der Waals surface area contributed by atoms with Gasteiger partial charge in [0.2, 0.25) is 0 Å². The van der Waals surface area contributed by atoms with Gasteiger partial charge in [0.25, 0.3) is 0 Å². The summed E-state index contributed by atoms with van der Waals surface area (Å²) < 4.78 is 15.4. The largest absolute Gasteiger partial charge is 0.531 e. The minimum atomic E-state index is -3.14. The fourth-order valence-corrected chi connectivity index (χ4v) is 3.03. The fraction of sp³-hybridized carbons (Fsp3) is 0.667. The van der Waals surface area contributed by atoms with E-state index in [0.29, 0.717) is 6.42 Å². The Hall–Kier alpha value is -0.533. The molecular formula is C9H18O5Si. The zero-order valence-corrected chi connectivity index (χ0v) is 10.4. The van der Waals surface area contributed by atoms with Crippen LogP contribution in [-0.2, 0) is 18.1 Å². The molecule has 0 aliphatic heterocycles. The maximum absolute atomic E-state index is 11.0. The maximum Gasteiger partial charge on any atom is 0.531 e. The van der Waals surface area contributed by atoms with Crippen molar-refractivity contribution in [3.8, 4) is 0 Å². The first-order valence-corrected chi connectivity index (χ1v) is 6.44. The molecular weight excluding hydrogens is 216 g/mol. The van der Waals surface area contributed by atoms with Crippen LogP contribution < -0.4 is 0 Å². The summed E-state index contributed by atoms with van der Waals surface area (Å²) in [5.74, 6) is -0.274. The molecule has 0 saturated carbocycles. The van der Waals surface area contributed by atoms with Gasteiger partial charge in [-0.05, 0) is 12.5 Å². The Morgan fingerprint density at radius 1 is 1.53 bits per heavy atom. The summed E-state index contributed by atoms with van der Waals surface area (Å²) in [6.45, 7) is 4.91. The van der Waals surface area contributed by atoms with Crippen LogP contribution in [0.15, 0.2) is 12.7 Å². The number of aliphatic hydroxyl groups is 1. The molecule has 5 nitrogen and oxygen atoms in total. The van der Waals surface area contributed by atoms with Gasteiger partial charge in [-0.25, -0.2) is 0 Å². The molecule has 0 heterocycles. The standard InChI is InChI=1S/C9H18O5Si/c1-5-8(10)7-14-15(12-3,13-4)9(11)6-2/h5,9,11H,1,6-7H2,2-4H3. The Morgan fingerprint density at radius 2 is 2.07 bits per heavy atom. The van der Waals surface area contributed by atoms with Crippen LogP contribution in [0.1, 0.15) is 13.3 Å². The first-order valence-electron chi connectivity index (χ1n) is 4.63. The molecule has 1 unspecified atom stereocenters. The molecule has 1 atom stereocenters. The average Bonchev–Trinajstić information content (AvgIpc) is 2.29. The van der Waals surface area contributed by atoms with E-state index >= 15 is 0 Å². The van der Waals surface area contributed by atoms with Crippen molar-refractivity contribution in [3.63, 3.8) is 0 Å². The summed E-state index contributed by atoms with van der Waals surface area (Å²) in [7, 11) is -0.347. The molecule has 0 fully saturated rings. The van der Waals surface area contributed by atoms with Crippen molar-refractivity contribution >= 4 is 14.6 Å². The second kappa shape index (κ2) is 6.86. The third kappa shape index (κ3) is 3.84. The van der Waals surface area contributed by atoms with E-state index in [-0.39, 0.29) is 12.4 Å². The van der Waals surface area contributed by atoms with E-state index in [1.807, 2.05) is 0 Å². The summed E-state index contributed by atoms with van der Waals surface area (Å²) in [6.07, 6.45) is 1.60. The topological polar surface area (TPSA) is 65.0 Å². The Labute approximate surface area is 91.0 Å². The molecule has 0 spiro atoms. The highest BCUT2D eigenvalue weighted by molar-refractivity contribution is 6.62. The Kier molecular flexibility index (Phi) is 6.62. The van der Waals surface area contributed by atoms with Crippen LogP contribution in [0.2, 0.25) is 0 Å². The van der Waals surface area contributed by atoms with Crippen LogP contribution in [-0.4, -0.2) is 46.2 Å². The zero-order chi connectivity index (χ0) is 11.9. The first kappa shape index (κ1) is 14.5. The van der Waals surface area contributed by atoms with Crippen LogP contribution in [0.4, 0.5) is 0 Å². The summed E-state index contributed by atoms with van der Waals surface area (Å²) in [6, 6.07) is 0. The first-order chi connectivity index (χ1) is 7.06. The lowest BCUT2D eigenvalue weighted by molar-refractivity contribution is -0.118. The van der Waals surface area contributed by atoms with Crippen molar-refractivity contribution in [2.24, 2.45) is 0 Å². The van der Waals surface area contributed by atoms with Crippen LogP contribution in [0.25, 0.3) is 0 Å². The van der Waals surface area contributed by atoms with Gasteiger partial charge in [0.1, 0.15) is 12.3 Å². The summed E-state index contributed by atoms with van der Waals surface area (Å²) in [5.41, 5.74) is -0.829. The summed E-state index contributed by atoms with van der Waals surface area (Å²) in [4.78, 5) is 11.0. The lowest BCUT2D eigenvalue weighted by atomic mass is 10.4. The molecule has 0 radical (unpaired) electrons. The van der Waals surface area contributed by atoms with E-state index < -0.39 is 14.5 Å². The number of carbonyl (C=O) groups excluding carboxylic acids is 1. The smallest absolute Gasteiger partial charge is 0.389 e. The maximum atomic E-state index is 11.0. The molecule has 6 heteroatoms. The Balaban J connectivity index is 4.49. The normalized spacial score (nSPS) is 13.6. The number of hydrogen-bond donors (Lipinski definition) is 1. The van der Waals surface area contributed by atoms with Crippen LogP contribution >= 0.6 is 0 Å². The lowest BCUT2D eigenvalue weighted by Crippen LogP contribution is -2.55. The predicted molar refractivity (Wildman–Crippen MR) is 57.2 cm³/mol. The fourth-order valence-electron chi connectivity index (χ4n) is 1.05. The van der Waals surface area contributed by atoms with E-state index in [2.05, 4.69) is 6.58 Å². The van der Waals surface area contributed by atoms with Gasteiger partial charge >= 0.3 is 8.80 Å². The van der Waals surface area contributed by atoms with Gasteiger partial charge in [-0.15, -0.1) is 0 Å². The van der Waals surface area contributed by atoms with Crippen molar-refractivity contribution in [1.29, 1.82) is 0 Å². The second-order valence-electron chi connectivity index (χ2n) is 2.89. The highest BCUT2D eigenvalue weighted by atomic mass is 28.4. The quantitative estimate of drug-likeness (QED) is 0.483. The molecule has 0 aliphatic rings. The molecule has 0 bridgehead atoms. The highest BCUT2D eigenvalue weighted by Crippen LogP contribution is 2.15. The van der Waals surface area contributed by atoms with Crippen molar-refractivity contribution in [1.82, 2.24) is 0 Å².